The molecule has 0 unspecified atom stereocenters. The third-order valence-electron chi connectivity index (χ3n) is 3.97. The second-order valence-electron chi connectivity index (χ2n) is 5.81. The Bertz CT molecular complexity index is 996. The van der Waals surface area contributed by atoms with Crippen molar-refractivity contribution in [2.24, 2.45) is 7.05 Å². The number of benzene rings is 1. The highest BCUT2D eigenvalue weighted by molar-refractivity contribution is 7.99. The van der Waals surface area contributed by atoms with Gasteiger partial charge in [-0.2, -0.15) is 0 Å². The molecular weight excluding hydrogens is 370 g/mol. The Hall–Kier alpha value is -2.16. The monoisotopic (exact) mass is 389 g/mol. The minimum Gasteiger partial charge on any atom is -0.290 e. The predicted molar refractivity (Wildman–Crippen MR) is 104 cm³/mol. The number of nitrogens with one attached hydrogen (secondary N) is 1. The topological polar surface area (TPSA) is 73.2 Å². The van der Waals surface area contributed by atoms with Crippen molar-refractivity contribution in [2.75, 3.05) is 5.75 Å². The lowest BCUT2D eigenvalue weighted by Gasteiger charge is -2.08. The van der Waals surface area contributed by atoms with Crippen LogP contribution < -0.4 is 11.0 Å². The minimum absolute atomic E-state index is 0.0833. The summed E-state index contributed by atoms with van der Waals surface area (Å²) >= 11 is 2.71. The van der Waals surface area contributed by atoms with Crippen molar-refractivity contribution in [1.29, 1.82) is 0 Å². The molecule has 0 aliphatic carbocycles. The van der Waals surface area contributed by atoms with Crippen molar-refractivity contribution in [1.82, 2.24) is 15.0 Å². The number of hydrogen-bond acceptors (Lipinski definition) is 6. The fraction of sp³-hybridized carbons (Fsp3) is 0.278. The molecule has 8 heteroatoms. The van der Waals surface area contributed by atoms with Crippen molar-refractivity contribution < 1.29 is 9.63 Å². The number of nitrogens with zero attached hydrogens (tertiary/aromatic N) is 2. The van der Waals surface area contributed by atoms with Gasteiger partial charge in [-0.05, 0) is 25.0 Å². The SMILES string of the molecule is Cc1sc2nc(SCC(=O)NOCc3ccccc3)n(C)c(=O)c2c1C. The van der Waals surface area contributed by atoms with Crippen LogP contribution in [0.1, 0.15) is 16.0 Å². The van der Waals surface area contributed by atoms with E-state index < -0.39 is 0 Å². The van der Waals surface area contributed by atoms with Gasteiger partial charge in [-0.25, -0.2) is 10.5 Å². The Morgan fingerprint density at radius 3 is 2.77 bits per heavy atom. The van der Waals surface area contributed by atoms with Gasteiger partial charge in [0.05, 0.1) is 17.7 Å². The van der Waals surface area contributed by atoms with Gasteiger partial charge in [0.25, 0.3) is 11.5 Å². The van der Waals surface area contributed by atoms with Gasteiger partial charge in [-0.3, -0.25) is 19.0 Å². The highest BCUT2D eigenvalue weighted by Gasteiger charge is 2.15. The molecular formula is C18H19N3O3S2. The number of fused-ring (bicyclic) bond motifs is 1. The predicted octanol–water partition coefficient (Wildman–Crippen LogP) is 2.95. The van der Waals surface area contributed by atoms with Crippen molar-refractivity contribution in [3.8, 4) is 0 Å². The van der Waals surface area contributed by atoms with E-state index in [-0.39, 0.29) is 17.2 Å². The van der Waals surface area contributed by atoms with Gasteiger partial charge in [0.1, 0.15) is 4.83 Å². The highest BCUT2D eigenvalue weighted by Crippen LogP contribution is 2.27. The number of carbonyl (C=O) groups is 1. The minimum atomic E-state index is -0.279. The van der Waals surface area contributed by atoms with Crippen molar-refractivity contribution in [2.45, 2.75) is 25.6 Å². The first kappa shape index (κ1) is 18.6. The van der Waals surface area contributed by atoms with Crippen molar-refractivity contribution >= 4 is 39.2 Å². The lowest BCUT2D eigenvalue weighted by atomic mass is 10.2. The number of hydroxylamine groups is 1. The van der Waals surface area contributed by atoms with Gasteiger partial charge in [0.15, 0.2) is 5.16 Å². The molecule has 1 amide bonds. The number of carbonyl (C=O) groups excluding carboxylic acids is 1. The van der Waals surface area contributed by atoms with Gasteiger partial charge in [-0.1, -0.05) is 42.1 Å². The normalized spacial score (nSPS) is 11.0. The zero-order valence-corrected chi connectivity index (χ0v) is 16.4. The Morgan fingerprint density at radius 2 is 2.04 bits per heavy atom. The van der Waals surface area contributed by atoms with Gasteiger partial charge in [0.2, 0.25) is 0 Å². The first-order valence-electron chi connectivity index (χ1n) is 8.01. The average Bonchev–Trinajstić information content (AvgIpc) is 2.92. The van der Waals surface area contributed by atoms with Gasteiger partial charge in [-0.15, -0.1) is 11.3 Å². The molecule has 0 bridgehead atoms. The molecule has 136 valence electrons. The molecule has 0 radical (unpaired) electrons. The third-order valence-corrected chi connectivity index (χ3v) is 6.10. The number of aryl methyl sites for hydroxylation is 2. The standard InChI is InChI=1S/C18H19N3O3S2/c1-11-12(2)26-16-15(11)17(23)21(3)18(19-16)25-10-14(22)20-24-9-13-7-5-4-6-8-13/h4-8H,9-10H2,1-3H3,(H,20,22). The number of rotatable bonds is 6. The van der Waals surface area contributed by atoms with Crippen molar-refractivity contribution in [3.05, 3.63) is 56.7 Å². The van der Waals surface area contributed by atoms with E-state index in [0.717, 1.165) is 16.0 Å². The first-order valence-corrected chi connectivity index (χ1v) is 9.81. The summed E-state index contributed by atoms with van der Waals surface area (Å²) in [5, 5.41) is 1.18. The summed E-state index contributed by atoms with van der Waals surface area (Å²) in [6.07, 6.45) is 0. The fourth-order valence-corrected chi connectivity index (χ4v) is 4.25. The lowest BCUT2D eigenvalue weighted by molar-refractivity contribution is -0.131. The van der Waals surface area contributed by atoms with Gasteiger partial charge < -0.3 is 0 Å². The van der Waals surface area contributed by atoms with E-state index in [2.05, 4.69) is 10.5 Å². The number of aromatic nitrogens is 2. The molecule has 0 fully saturated rings. The summed E-state index contributed by atoms with van der Waals surface area (Å²) in [7, 11) is 1.67. The van der Waals surface area contributed by atoms with Crippen LogP contribution in [0.2, 0.25) is 0 Å². The third kappa shape index (κ3) is 3.98. The van der Waals surface area contributed by atoms with Crippen molar-refractivity contribution in [3.63, 3.8) is 0 Å². The first-order chi connectivity index (χ1) is 12.5. The van der Waals surface area contributed by atoms with Crippen LogP contribution in [0.5, 0.6) is 0 Å². The summed E-state index contributed by atoms with van der Waals surface area (Å²) in [6.45, 7) is 4.21. The molecule has 3 rings (SSSR count). The van der Waals surface area contributed by atoms with Crippen LogP contribution in [0.4, 0.5) is 0 Å². The molecule has 2 heterocycles. The molecule has 1 aromatic carbocycles. The average molecular weight is 390 g/mol. The van der Waals surface area contributed by atoms with Crippen LogP contribution in [0.25, 0.3) is 10.2 Å². The number of amides is 1. The maximum atomic E-state index is 12.5. The highest BCUT2D eigenvalue weighted by atomic mass is 32.2. The maximum absolute atomic E-state index is 12.5. The fourth-order valence-electron chi connectivity index (χ4n) is 2.42. The Labute approximate surface area is 159 Å². The molecule has 0 spiro atoms. The molecule has 1 N–H and O–H groups in total. The maximum Gasteiger partial charge on any atom is 0.262 e. The number of thiophene rings is 1. The molecule has 3 aromatic rings. The van der Waals surface area contributed by atoms with Crippen LogP contribution in [-0.2, 0) is 23.3 Å². The molecule has 0 atom stereocenters. The Morgan fingerprint density at radius 1 is 1.31 bits per heavy atom. The van der Waals surface area contributed by atoms with Crippen LogP contribution in [0.15, 0.2) is 40.3 Å². The molecule has 26 heavy (non-hydrogen) atoms. The van der Waals surface area contributed by atoms with Gasteiger partial charge in [0, 0.05) is 11.9 Å². The smallest absolute Gasteiger partial charge is 0.262 e. The van der Waals surface area contributed by atoms with E-state index in [4.69, 9.17) is 4.84 Å². The largest absolute Gasteiger partial charge is 0.290 e. The summed E-state index contributed by atoms with van der Waals surface area (Å²) in [5.74, 6) is -0.164. The molecule has 0 saturated carbocycles. The summed E-state index contributed by atoms with van der Waals surface area (Å²) in [5.41, 5.74) is 4.27. The number of hydrogen-bond donors (Lipinski definition) is 1. The Balaban J connectivity index is 1.61. The zero-order chi connectivity index (χ0) is 18.7. The molecule has 0 aliphatic rings. The van der Waals surface area contributed by atoms with E-state index in [9.17, 15) is 9.59 Å². The lowest BCUT2D eigenvalue weighted by Crippen LogP contribution is -2.26. The zero-order valence-electron chi connectivity index (χ0n) is 14.7. The van der Waals surface area contributed by atoms with Crippen LogP contribution in [-0.4, -0.2) is 21.2 Å². The van der Waals surface area contributed by atoms with E-state index in [1.807, 2.05) is 44.2 Å². The summed E-state index contributed by atoms with van der Waals surface area (Å²) in [6, 6.07) is 9.57. The second-order valence-corrected chi connectivity index (χ2v) is 7.96. The van der Waals surface area contributed by atoms with Gasteiger partial charge >= 0.3 is 0 Å². The summed E-state index contributed by atoms with van der Waals surface area (Å²) < 4.78 is 1.49. The summed E-state index contributed by atoms with van der Waals surface area (Å²) in [4.78, 5) is 36.1. The second kappa shape index (κ2) is 8.03. The van der Waals surface area contributed by atoms with E-state index in [1.54, 1.807) is 7.05 Å². The number of thioether (sulfide) groups is 1. The van der Waals surface area contributed by atoms with Crippen LogP contribution in [0.3, 0.4) is 0 Å². The molecule has 6 nitrogen and oxygen atoms in total. The van der Waals surface area contributed by atoms with E-state index >= 15 is 0 Å². The van der Waals surface area contributed by atoms with E-state index in [1.165, 1.54) is 27.7 Å². The van der Waals surface area contributed by atoms with E-state index in [0.29, 0.717) is 22.0 Å². The molecule has 2 aromatic heterocycles. The van der Waals surface area contributed by atoms with Crippen LogP contribution in [0, 0.1) is 13.8 Å². The van der Waals surface area contributed by atoms with Crippen LogP contribution >= 0.6 is 23.1 Å². The quantitative estimate of drug-likeness (QED) is 0.399. The Kier molecular flexibility index (Phi) is 5.75. The molecule has 0 aliphatic heterocycles. The molecule has 0 saturated heterocycles.